The van der Waals surface area contributed by atoms with Gasteiger partial charge in [-0.2, -0.15) is 0 Å². The zero-order valence-electron chi connectivity index (χ0n) is 12.5. The van der Waals surface area contributed by atoms with Crippen molar-refractivity contribution in [1.82, 2.24) is 0 Å². The van der Waals surface area contributed by atoms with Crippen LogP contribution in [0.3, 0.4) is 0 Å². The molecular weight excluding hydrogens is 318 g/mol. The highest BCUT2D eigenvalue weighted by Gasteiger charge is 2.33. The topological polar surface area (TPSA) is 38.3 Å². The Bertz CT molecular complexity index is 618. The zero-order chi connectivity index (χ0) is 16.0. The summed E-state index contributed by atoms with van der Waals surface area (Å²) in [4.78, 5) is 13.6. The standard InChI is InChI=1S/C17H18ClNO2S/c1-17(12-18,22-15-6-4-3-5-7-15)16(20)19-13-8-10-14(21-2)11-9-13/h3-11H,12H2,1-2H3,(H,19,20). The van der Waals surface area contributed by atoms with Crippen LogP contribution in [-0.2, 0) is 4.79 Å². The quantitative estimate of drug-likeness (QED) is 0.627. The summed E-state index contributed by atoms with van der Waals surface area (Å²) >= 11 is 7.52. The Labute approximate surface area is 140 Å². The van der Waals surface area contributed by atoms with E-state index in [-0.39, 0.29) is 11.8 Å². The number of thioether (sulfide) groups is 1. The first kappa shape index (κ1) is 16.7. The Kier molecular flexibility index (Phi) is 5.75. The summed E-state index contributed by atoms with van der Waals surface area (Å²) in [7, 11) is 1.61. The number of methoxy groups -OCH3 is 1. The minimum absolute atomic E-state index is 0.124. The van der Waals surface area contributed by atoms with Crippen molar-refractivity contribution in [2.75, 3.05) is 18.3 Å². The summed E-state index contributed by atoms with van der Waals surface area (Å²) in [6, 6.07) is 17.0. The van der Waals surface area contributed by atoms with Crippen LogP contribution >= 0.6 is 23.4 Å². The van der Waals surface area contributed by atoms with Crippen LogP contribution in [0.1, 0.15) is 6.92 Å². The molecule has 0 aliphatic rings. The molecule has 0 aliphatic carbocycles. The number of hydrogen-bond acceptors (Lipinski definition) is 3. The summed E-state index contributed by atoms with van der Waals surface area (Å²) in [5.41, 5.74) is 0.718. The fraction of sp³-hybridized carbons (Fsp3) is 0.235. The van der Waals surface area contributed by atoms with Crippen LogP contribution in [0.15, 0.2) is 59.5 Å². The molecular formula is C17H18ClNO2S. The van der Waals surface area contributed by atoms with E-state index in [9.17, 15) is 4.79 Å². The molecule has 0 bridgehead atoms. The van der Waals surface area contributed by atoms with E-state index in [0.29, 0.717) is 0 Å². The van der Waals surface area contributed by atoms with Gasteiger partial charge < -0.3 is 10.1 Å². The maximum atomic E-state index is 12.6. The van der Waals surface area contributed by atoms with Gasteiger partial charge in [-0.3, -0.25) is 4.79 Å². The Balaban J connectivity index is 2.09. The molecule has 0 saturated carbocycles. The molecule has 3 nitrogen and oxygen atoms in total. The van der Waals surface area contributed by atoms with E-state index in [4.69, 9.17) is 16.3 Å². The number of carbonyl (C=O) groups excluding carboxylic acids is 1. The van der Waals surface area contributed by atoms with E-state index in [1.165, 1.54) is 11.8 Å². The van der Waals surface area contributed by atoms with Crippen LogP contribution in [-0.4, -0.2) is 23.6 Å². The van der Waals surface area contributed by atoms with Crippen molar-refractivity contribution in [3.8, 4) is 5.75 Å². The summed E-state index contributed by atoms with van der Waals surface area (Å²) in [5, 5.41) is 2.91. The number of rotatable bonds is 6. The third kappa shape index (κ3) is 4.18. The first-order chi connectivity index (χ1) is 10.6. The van der Waals surface area contributed by atoms with E-state index in [1.807, 2.05) is 37.3 Å². The summed E-state index contributed by atoms with van der Waals surface area (Å²) < 4.78 is 4.36. The summed E-state index contributed by atoms with van der Waals surface area (Å²) in [6.07, 6.45) is 0. The molecule has 0 fully saturated rings. The molecule has 116 valence electrons. The van der Waals surface area contributed by atoms with Gasteiger partial charge in [-0.15, -0.1) is 23.4 Å². The Morgan fingerprint density at radius 3 is 2.36 bits per heavy atom. The van der Waals surface area contributed by atoms with Gasteiger partial charge in [0.1, 0.15) is 10.5 Å². The molecule has 0 spiro atoms. The molecule has 0 saturated heterocycles. The minimum atomic E-state index is -0.747. The molecule has 0 heterocycles. The number of hydrogen-bond donors (Lipinski definition) is 1. The van der Waals surface area contributed by atoms with Gasteiger partial charge in [0.25, 0.3) is 0 Å². The molecule has 22 heavy (non-hydrogen) atoms. The molecule has 5 heteroatoms. The fourth-order valence-electron chi connectivity index (χ4n) is 1.82. The lowest BCUT2D eigenvalue weighted by Crippen LogP contribution is -2.38. The maximum absolute atomic E-state index is 12.6. The fourth-order valence-corrected chi connectivity index (χ4v) is 3.12. The van der Waals surface area contributed by atoms with Gasteiger partial charge in [0.2, 0.25) is 5.91 Å². The van der Waals surface area contributed by atoms with Crippen LogP contribution in [0.2, 0.25) is 0 Å². The molecule has 1 atom stereocenters. The molecule has 2 aromatic rings. The predicted molar refractivity (Wildman–Crippen MR) is 93.0 cm³/mol. The number of nitrogens with one attached hydrogen (secondary N) is 1. The van der Waals surface area contributed by atoms with Gasteiger partial charge in [0.15, 0.2) is 0 Å². The van der Waals surface area contributed by atoms with E-state index in [2.05, 4.69) is 5.32 Å². The molecule has 1 N–H and O–H groups in total. The van der Waals surface area contributed by atoms with E-state index in [1.54, 1.807) is 31.4 Å². The minimum Gasteiger partial charge on any atom is -0.497 e. The highest BCUT2D eigenvalue weighted by atomic mass is 35.5. The van der Waals surface area contributed by atoms with Crippen molar-refractivity contribution >= 4 is 35.0 Å². The Morgan fingerprint density at radius 1 is 1.18 bits per heavy atom. The number of carbonyl (C=O) groups is 1. The molecule has 0 aliphatic heterocycles. The zero-order valence-corrected chi connectivity index (χ0v) is 14.1. The number of alkyl halides is 1. The molecule has 2 aromatic carbocycles. The maximum Gasteiger partial charge on any atom is 0.241 e. The van der Waals surface area contributed by atoms with Gasteiger partial charge >= 0.3 is 0 Å². The number of ether oxygens (including phenoxy) is 1. The first-order valence-corrected chi connectivity index (χ1v) is 8.18. The van der Waals surface area contributed by atoms with Gasteiger partial charge in [0, 0.05) is 16.5 Å². The van der Waals surface area contributed by atoms with Crippen LogP contribution in [0.5, 0.6) is 5.75 Å². The highest BCUT2D eigenvalue weighted by molar-refractivity contribution is 8.01. The number of benzene rings is 2. The van der Waals surface area contributed by atoms with Gasteiger partial charge in [-0.05, 0) is 43.3 Å². The van der Waals surface area contributed by atoms with Crippen LogP contribution < -0.4 is 10.1 Å². The number of halogens is 1. The lowest BCUT2D eigenvalue weighted by atomic mass is 10.2. The van der Waals surface area contributed by atoms with Crippen LogP contribution in [0, 0.1) is 0 Å². The van der Waals surface area contributed by atoms with E-state index < -0.39 is 4.75 Å². The Hall–Kier alpha value is -1.65. The third-order valence-corrected chi connectivity index (χ3v) is 5.15. The molecule has 0 aromatic heterocycles. The Morgan fingerprint density at radius 2 is 1.82 bits per heavy atom. The van der Waals surface area contributed by atoms with Gasteiger partial charge in [0.05, 0.1) is 7.11 Å². The molecule has 1 unspecified atom stereocenters. The second-order valence-electron chi connectivity index (χ2n) is 4.96. The van der Waals surface area contributed by atoms with E-state index >= 15 is 0 Å². The van der Waals surface area contributed by atoms with Crippen molar-refractivity contribution in [3.05, 3.63) is 54.6 Å². The van der Waals surface area contributed by atoms with Crippen molar-refractivity contribution in [1.29, 1.82) is 0 Å². The average molecular weight is 336 g/mol. The van der Waals surface area contributed by atoms with Crippen molar-refractivity contribution < 1.29 is 9.53 Å². The monoisotopic (exact) mass is 335 g/mol. The average Bonchev–Trinajstić information content (AvgIpc) is 2.56. The predicted octanol–water partition coefficient (Wildman–Crippen LogP) is 4.42. The summed E-state index contributed by atoms with van der Waals surface area (Å²) in [5.74, 6) is 0.840. The summed E-state index contributed by atoms with van der Waals surface area (Å²) in [6.45, 7) is 1.84. The van der Waals surface area contributed by atoms with Gasteiger partial charge in [-0.1, -0.05) is 18.2 Å². The van der Waals surface area contributed by atoms with Crippen molar-refractivity contribution in [2.45, 2.75) is 16.6 Å². The number of anilines is 1. The third-order valence-electron chi connectivity index (χ3n) is 3.17. The van der Waals surface area contributed by atoms with Gasteiger partial charge in [-0.25, -0.2) is 0 Å². The van der Waals surface area contributed by atoms with Crippen LogP contribution in [0.4, 0.5) is 5.69 Å². The molecule has 0 radical (unpaired) electrons. The second-order valence-corrected chi connectivity index (χ2v) is 6.81. The largest absolute Gasteiger partial charge is 0.497 e. The lowest BCUT2D eigenvalue weighted by Gasteiger charge is -2.25. The molecule has 2 rings (SSSR count). The highest BCUT2D eigenvalue weighted by Crippen LogP contribution is 2.34. The smallest absolute Gasteiger partial charge is 0.241 e. The second kappa shape index (κ2) is 7.56. The first-order valence-electron chi connectivity index (χ1n) is 6.83. The van der Waals surface area contributed by atoms with Crippen molar-refractivity contribution in [3.63, 3.8) is 0 Å². The van der Waals surface area contributed by atoms with Crippen LogP contribution in [0.25, 0.3) is 0 Å². The van der Waals surface area contributed by atoms with Crippen molar-refractivity contribution in [2.24, 2.45) is 0 Å². The van der Waals surface area contributed by atoms with E-state index in [0.717, 1.165) is 16.3 Å². The SMILES string of the molecule is COc1ccc(NC(=O)C(C)(CCl)Sc2ccccc2)cc1. The molecule has 1 amide bonds. The number of amides is 1. The lowest BCUT2D eigenvalue weighted by molar-refractivity contribution is -0.117. The normalized spacial score (nSPS) is 13.2.